The number of hydrogen-bond acceptors (Lipinski definition) is 3. The zero-order valence-electron chi connectivity index (χ0n) is 10.8. The topological polar surface area (TPSA) is 58.1 Å². The molecular formula is C15H14N2O2. The summed E-state index contributed by atoms with van der Waals surface area (Å²) in [6, 6.07) is 9.19. The van der Waals surface area contributed by atoms with Crippen molar-refractivity contribution in [3.8, 4) is 22.6 Å². The summed E-state index contributed by atoms with van der Waals surface area (Å²) >= 11 is 0. The fraction of sp³-hybridized carbons (Fsp3) is 0.133. The Kier molecular flexibility index (Phi) is 2.63. The molecule has 0 unspecified atom stereocenters. The first-order valence-corrected chi connectivity index (χ1v) is 6.01. The van der Waals surface area contributed by atoms with E-state index < -0.39 is 0 Å². The quantitative estimate of drug-likeness (QED) is 0.738. The Bertz CT molecular complexity index is 747. The molecule has 0 aliphatic heterocycles. The van der Waals surface area contributed by atoms with E-state index in [0.717, 1.165) is 27.9 Å². The van der Waals surface area contributed by atoms with Crippen molar-refractivity contribution in [3.63, 3.8) is 0 Å². The zero-order valence-corrected chi connectivity index (χ0v) is 10.8. The molecule has 0 bridgehead atoms. The van der Waals surface area contributed by atoms with Gasteiger partial charge < -0.3 is 14.8 Å². The van der Waals surface area contributed by atoms with Gasteiger partial charge in [-0.15, -0.1) is 0 Å². The first-order chi connectivity index (χ1) is 9.20. The lowest BCUT2D eigenvalue weighted by Gasteiger charge is -2.07. The van der Waals surface area contributed by atoms with E-state index in [2.05, 4.69) is 9.97 Å². The predicted molar refractivity (Wildman–Crippen MR) is 74.5 cm³/mol. The number of fused-ring (bicyclic) bond motifs is 1. The normalized spacial score (nSPS) is 10.8. The van der Waals surface area contributed by atoms with E-state index in [1.807, 2.05) is 31.2 Å². The van der Waals surface area contributed by atoms with E-state index in [0.29, 0.717) is 5.75 Å². The number of aromatic amines is 1. The summed E-state index contributed by atoms with van der Waals surface area (Å²) in [7, 11) is 1.58. The lowest BCUT2D eigenvalue weighted by molar-refractivity contribution is 0.408. The molecule has 0 spiro atoms. The number of nitrogens with zero attached hydrogens (tertiary/aromatic N) is 1. The number of hydrogen-bond donors (Lipinski definition) is 2. The predicted octanol–water partition coefficient (Wildman–Crippen LogP) is 3.25. The second kappa shape index (κ2) is 4.31. The molecule has 0 saturated carbocycles. The number of ether oxygens (including phenoxy) is 1. The van der Waals surface area contributed by atoms with Gasteiger partial charge in [-0.2, -0.15) is 0 Å². The summed E-state index contributed by atoms with van der Waals surface area (Å²) in [5.74, 6) is 0.837. The zero-order chi connectivity index (χ0) is 13.4. The average molecular weight is 254 g/mol. The van der Waals surface area contributed by atoms with Crippen molar-refractivity contribution in [2.24, 2.45) is 0 Å². The molecule has 0 atom stereocenters. The molecule has 1 aromatic carbocycles. The van der Waals surface area contributed by atoms with Crippen LogP contribution in [0.2, 0.25) is 0 Å². The Morgan fingerprint density at radius 3 is 2.84 bits per heavy atom. The molecule has 0 fully saturated rings. The van der Waals surface area contributed by atoms with Crippen LogP contribution in [0, 0.1) is 6.92 Å². The van der Waals surface area contributed by atoms with Gasteiger partial charge >= 0.3 is 0 Å². The number of aromatic nitrogens is 2. The summed E-state index contributed by atoms with van der Waals surface area (Å²) in [6.45, 7) is 1.97. The smallest absolute Gasteiger partial charge is 0.138 e. The molecular weight excluding hydrogens is 240 g/mol. The van der Waals surface area contributed by atoms with Crippen LogP contribution >= 0.6 is 0 Å². The van der Waals surface area contributed by atoms with Gasteiger partial charge in [-0.25, -0.2) is 4.98 Å². The number of methoxy groups -OCH3 is 1. The first-order valence-electron chi connectivity index (χ1n) is 6.01. The summed E-state index contributed by atoms with van der Waals surface area (Å²) in [5, 5.41) is 11.2. The Labute approximate surface area is 110 Å². The molecule has 19 heavy (non-hydrogen) atoms. The van der Waals surface area contributed by atoms with Crippen molar-refractivity contribution in [3.05, 3.63) is 42.2 Å². The number of pyridine rings is 1. The van der Waals surface area contributed by atoms with Crippen LogP contribution in [0.25, 0.3) is 22.2 Å². The lowest BCUT2D eigenvalue weighted by atomic mass is 10.0. The molecule has 4 heteroatoms. The monoisotopic (exact) mass is 254 g/mol. The number of phenolic OH excluding ortho intramolecular Hbond substituents is 1. The summed E-state index contributed by atoms with van der Waals surface area (Å²) in [5.41, 5.74) is 3.56. The minimum absolute atomic E-state index is 0.201. The van der Waals surface area contributed by atoms with E-state index in [-0.39, 0.29) is 5.75 Å². The van der Waals surface area contributed by atoms with Gasteiger partial charge in [0, 0.05) is 34.5 Å². The number of aromatic hydroxyl groups is 1. The number of rotatable bonds is 2. The molecule has 0 aliphatic carbocycles. The maximum atomic E-state index is 10.2. The lowest BCUT2D eigenvalue weighted by Crippen LogP contribution is -1.85. The van der Waals surface area contributed by atoms with E-state index >= 15 is 0 Å². The van der Waals surface area contributed by atoms with Crippen LogP contribution < -0.4 is 4.74 Å². The molecule has 2 heterocycles. The molecule has 0 aliphatic rings. The van der Waals surface area contributed by atoms with Crippen molar-refractivity contribution in [2.45, 2.75) is 6.92 Å². The average Bonchev–Trinajstić information content (AvgIpc) is 2.75. The van der Waals surface area contributed by atoms with Crippen molar-refractivity contribution < 1.29 is 9.84 Å². The Balaban J connectivity index is 2.27. The minimum atomic E-state index is 0.201. The van der Waals surface area contributed by atoms with Gasteiger partial charge in [-0.3, -0.25) is 0 Å². The van der Waals surface area contributed by atoms with Crippen LogP contribution in [-0.4, -0.2) is 22.2 Å². The van der Waals surface area contributed by atoms with Gasteiger partial charge in [0.1, 0.15) is 17.1 Å². The van der Waals surface area contributed by atoms with Crippen LogP contribution in [0.15, 0.2) is 36.5 Å². The van der Waals surface area contributed by atoms with Gasteiger partial charge in [0.25, 0.3) is 0 Å². The second-order valence-electron chi connectivity index (χ2n) is 4.41. The SMILES string of the molecule is COc1ccc(-c2c(C)[nH]c3ncccc23)c(O)c1. The first kappa shape index (κ1) is 11.6. The second-order valence-corrected chi connectivity index (χ2v) is 4.41. The van der Waals surface area contributed by atoms with E-state index in [9.17, 15) is 5.11 Å². The molecule has 0 saturated heterocycles. The van der Waals surface area contributed by atoms with Crippen LogP contribution in [0.3, 0.4) is 0 Å². The number of phenols is 1. The highest BCUT2D eigenvalue weighted by atomic mass is 16.5. The minimum Gasteiger partial charge on any atom is -0.507 e. The molecule has 4 nitrogen and oxygen atoms in total. The Hall–Kier alpha value is -2.49. The Morgan fingerprint density at radius 1 is 1.26 bits per heavy atom. The van der Waals surface area contributed by atoms with Crippen molar-refractivity contribution in [1.29, 1.82) is 0 Å². The largest absolute Gasteiger partial charge is 0.507 e. The third-order valence-corrected chi connectivity index (χ3v) is 3.23. The summed E-state index contributed by atoms with van der Waals surface area (Å²) in [6.07, 6.45) is 1.75. The van der Waals surface area contributed by atoms with E-state index in [4.69, 9.17) is 4.74 Å². The molecule has 3 rings (SSSR count). The van der Waals surface area contributed by atoms with Gasteiger partial charge in [0.2, 0.25) is 0 Å². The highest BCUT2D eigenvalue weighted by Crippen LogP contribution is 2.38. The maximum absolute atomic E-state index is 10.2. The molecule has 3 aromatic rings. The molecule has 0 amide bonds. The van der Waals surface area contributed by atoms with Crippen molar-refractivity contribution in [2.75, 3.05) is 7.11 Å². The van der Waals surface area contributed by atoms with Gasteiger partial charge in [-0.1, -0.05) is 0 Å². The van der Waals surface area contributed by atoms with E-state index in [1.165, 1.54) is 0 Å². The van der Waals surface area contributed by atoms with Crippen molar-refractivity contribution in [1.82, 2.24) is 9.97 Å². The van der Waals surface area contributed by atoms with Gasteiger partial charge in [0.05, 0.1) is 7.11 Å². The van der Waals surface area contributed by atoms with Crippen LogP contribution in [0.5, 0.6) is 11.5 Å². The summed E-state index contributed by atoms with van der Waals surface area (Å²) < 4.78 is 5.10. The van der Waals surface area contributed by atoms with Crippen LogP contribution in [-0.2, 0) is 0 Å². The fourth-order valence-corrected chi connectivity index (χ4v) is 2.35. The molecule has 2 aromatic heterocycles. The van der Waals surface area contributed by atoms with Gasteiger partial charge in [-0.05, 0) is 31.2 Å². The molecule has 2 N–H and O–H groups in total. The van der Waals surface area contributed by atoms with Crippen LogP contribution in [0.4, 0.5) is 0 Å². The third kappa shape index (κ3) is 1.81. The standard InChI is InChI=1S/C15H14N2O2/c1-9-14(12-4-3-7-16-15(12)17-9)11-6-5-10(19-2)8-13(11)18/h3-8,18H,1-2H3,(H,16,17). The Morgan fingerprint density at radius 2 is 2.11 bits per heavy atom. The molecule has 96 valence electrons. The fourth-order valence-electron chi connectivity index (χ4n) is 2.35. The number of H-pyrrole nitrogens is 1. The number of nitrogens with one attached hydrogen (secondary N) is 1. The van der Waals surface area contributed by atoms with Crippen LogP contribution in [0.1, 0.15) is 5.69 Å². The number of aryl methyl sites for hydroxylation is 1. The van der Waals surface area contributed by atoms with E-state index in [1.54, 1.807) is 19.4 Å². The highest BCUT2D eigenvalue weighted by molar-refractivity contribution is 5.97. The summed E-state index contributed by atoms with van der Waals surface area (Å²) in [4.78, 5) is 7.52. The van der Waals surface area contributed by atoms with Gasteiger partial charge in [0.15, 0.2) is 0 Å². The third-order valence-electron chi connectivity index (χ3n) is 3.23. The maximum Gasteiger partial charge on any atom is 0.138 e. The number of benzene rings is 1. The molecule has 0 radical (unpaired) electrons. The van der Waals surface area contributed by atoms with Crippen molar-refractivity contribution >= 4 is 11.0 Å². The highest BCUT2D eigenvalue weighted by Gasteiger charge is 2.14.